The van der Waals surface area contributed by atoms with Crippen LogP contribution in [0.15, 0.2) is 18.2 Å². The van der Waals surface area contributed by atoms with Crippen LogP contribution in [0.25, 0.3) is 0 Å². The maximum absolute atomic E-state index is 12.1. The number of amides is 1. The summed E-state index contributed by atoms with van der Waals surface area (Å²) >= 11 is 0. The third-order valence-corrected chi connectivity index (χ3v) is 3.83. The summed E-state index contributed by atoms with van der Waals surface area (Å²) in [5.74, 6) is 0.141. The van der Waals surface area contributed by atoms with Crippen LogP contribution < -0.4 is 5.32 Å². The number of ether oxygens (including phenoxy) is 1. The quantitative estimate of drug-likeness (QED) is 0.921. The molecular formula is C17H25NO2. The van der Waals surface area contributed by atoms with Gasteiger partial charge in [0.1, 0.15) is 0 Å². The molecule has 3 heteroatoms. The fourth-order valence-electron chi connectivity index (χ4n) is 2.59. The molecule has 0 saturated carbocycles. The van der Waals surface area contributed by atoms with Crippen molar-refractivity contribution in [3.63, 3.8) is 0 Å². The van der Waals surface area contributed by atoms with Crippen LogP contribution in [-0.2, 0) is 29.0 Å². The molecule has 1 aromatic carbocycles. The van der Waals surface area contributed by atoms with Crippen LogP contribution in [0.1, 0.15) is 43.9 Å². The lowest BCUT2D eigenvalue weighted by molar-refractivity contribution is -0.129. The van der Waals surface area contributed by atoms with Gasteiger partial charge in [-0.15, -0.1) is 0 Å². The molecule has 1 N–H and O–H groups in total. The maximum atomic E-state index is 12.1. The highest BCUT2D eigenvalue weighted by Gasteiger charge is 2.26. The molecule has 0 fully saturated rings. The molecule has 0 saturated heterocycles. The predicted octanol–water partition coefficient (Wildman–Crippen LogP) is 2.85. The van der Waals surface area contributed by atoms with Gasteiger partial charge in [-0.2, -0.15) is 0 Å². The summed E-state index contributed by atoms with van der Waals surface area (Å²) in [5.41, 5.74) is 3.67. The average molecular weight is 275 g/mol. The first-order valence-electron chi connectivity index (χ1n) is 7.30. The van der Waals surface area contributed by atoms with E-state index in [4.69, 9.17) is 4.74 Å². The van der Waals surface area contributed by atoms with Crippen LogP contribution >= 0.6 is 0 Å². The van der Waals surface area contributed by atoms with Crippen molar-refractivity contribution >= 4 is 5.91 Å². The third kappa shape index (κ3) is 3.60. The molecule has 1 aliphatic carbocycles. The van der Waals surface area contributed by atoms with Crippen LogP contribution in [0.4, 0.5) is 0 Å². The minimum atomic E-state index is -0.317. The van der Waals surface area contributed by atoms with Crippen molar-refractivity contribution in [2.24, 2.45) is 5.41 Å². The van der Waals surface area contributed by atoms with E-state index in [-0.39, 0.29) is 17.4 Å². The lowest BCUT2D eigenvalue weighted by Gasteiger charge is -2.29. The summed E-state index contributed by atoms with van der Waals surface area (Å²) in [6, 6.07) is 6.80. The maximum Gasteiger partial charge on any atom is 0.225 e. The van der Waals surface area contributed by atoms with Gasteiger partial charge in [-0.3, -0.25) is 4.79 Å². The molecule has 0 aliphatic heterocycles. The summed E-state index contributed by atoms with van der Waals surface area (Å²) in [6.45, 7) is 6.53. The summed E-state index contributed by atoms with van der Waals surface area (Å²) < 4.78 is 5.17. The van der Waals surface area contributed by atoms with Crippen LogP contribution in [-0.4, -0.2) is 19.1 Å². The number of rotatable bonds is 3. The SMILES string of the molecule is COCc1ccc2c(c1)CCC(NC(=O)C(C)(C)C)C2. The van der Waals surface area contributed by atoms with Gasteiger partial charge in [-0.1, -0.05) is 39.0 Å². The number of fused-ring (bicyclic) bond motifs is 1. The number of nitrogens with one attached hydrogen (secondary N) is 1. The van der Waals surface area contributed by atoms with E-state index in [1.54, 1.807) is 7.11 Å². The van der Waals surface area contributed by atoms with E-state index < -0.39 is 0 Å². The Morgan fingerprint density at radius 3 is 2.75 bits per heavy atom. The average Bonchev–Trinajstić information content (AvgIpc) is 2.38. The molecule has 1 amide bonds. The van der Waals surface area contributed by atoms with Crippen LogP contribution in [0, 0.1) is 5.41 Å². The van der Waals surface area contributed by atoms with Gasteiger partial charge in [0.15, 0.2) is 0 Å². The number of benzene rings is 1. The normalized spacial score (nSPS) is 18.5. The summed E-state index contributed by atoms with van der Waals surface area (Å²) in [6.07, 6.45) is 2.98. The molecule has 1 unspecified atom stereocenters. The Balaban J connectivity index is 2.03. The fourth-order valence-corrected chi connectivity index (χ4v) is 2.59. The van der Waals surface area contributed by atoms with E-state index in [9.17, 15) is 4.79 Å². The predicted molar refractivity (Wildman–Crippen MR) is 80.6 cm³/mol. The molecule has 0 radical (unpaired) electrons. The van der Waals surface area contributed by atoms with Crippen LogP contribution in [0.2, 0.25) is 0 Å². The molecule has 110 valence electrons. The molecule has 1 atom stereocenters. The van der Waals surface area contributed by atoms with Crippen molar-refractivity contribution in [3.8, 4) is 0 Å². The molecule has 0 spiro atoms. The molecule has 0 heterocycles. The number of hydrogen-bond donors (Lipinski definition) is 1. The number of carbonyl (C=O) groups excluding carboxylic acids is 1. The van der Waals surface area contributed by atoms with Gasteiger partial charge in [0.25, 0.3) is 0 Å². The first-order valence-corrected chi connectivity index (χ1v) is 7.30. The lowest BCUT2D eigenvalue weighted by Crippen LogP contribution is -2.44. The Morgan fingerprint density at radius 1 is 1.35 bits per heavy atom. The zero-order valence-electron chi connectivity index (χ0n) is 13.0. The molecule has 1 aromatic rings. The van der Waals surface area contributed by atoms with E-state index in [0.717, 1.165) is 19.3 Å². The minimum absolute atomic E-state index is 0.141. The van der Waals surface area contributed by atoms with Gasteiger partial charge in [-0.05, 0) is 36.0 Å². The summed E-state index contributed by atoms with van der Waals surface area (Å²) in [7, 11) is 1.72. The molecule has 0 bridgehead atoms. The second kappa shape index (κ2) is 5.96. The highest BCUT2D eigenvalue weighted by molar-refractivity contribution is 5.81. The van der Waals surface area contributed by atoms with E-state index in [1.165, 1.54) is 16.7 Å². The van der Waals surface area contributed by atoms with E-state index in [2.05, 4.69) is 23.5 Å². The minimum Gasteiger partial charge on any atom is -0.380 e. The third-order valence-electron chi connectivity index (χ3n) is 3.83. The zero-order valence-corrected chi connectivity index (χ0v) is 13.0. The highest BCUT2D eigenvalue weighted by atomic mass is 16.5. The Labute approximate surface area is 121 Å². The Morgan fingerprint density at radius 2 is 2.10 bits per heavy atom. The molecule has 1 aliphatic rings. The highest BCUT2D eigenvalue weighted by Crippen LogP contribution is 2.24. The second-order valence-corrected chi connectivity index (χ2v) is 6.70. The number of hydrogen-bond acceptors (Lipinski definition) is 2. The van der Waals surface area contributed by atoms with Gasteiger partial charge < -0.3 is 10.1 Å². The number of aryl methyl sites for hydroxylation is 1. The van der Waals surface area contributed by atoms with Gasteiger partial charge >= 0.3 is 0 Å². The topological polar surface area (TPSA) is 38.3 Å². The summed E-state index contributed by atoms with van der Waals surface area (Å²) in [4.78, 5) is 12.1. The summed E-state index contributed by atoms with van der Waals surface area (Å²) in [5, 5.41) is 3.18. The first-order chi connectivity index (χ1) is 9.40. The lowest BCUT2D eigenvalue weighted by atomic mass is 9.86. The monoisotopic (exact) mass is 275 g/mol. The van der Waals surface area contributed by atoms with Gasteiger partial charge in [0.2, 0.25) is 5.91 Å². The van der Waals surface area contributed by atoms with Crippen molar-refractivity contribution in [3.05, 3.63) is 34.9 Å². The fraction of sp³-hybridized carbons (Fsp3) is 0.588. The van der Waals surface area contributed by atoms with Gasteiger partial charge in [0.05, 0.1) is 6.61 Å². The largest absolute Gasteiger partial charge is 0.380 e. The van der Waals surface area contributed by atoms with Crippen molar-refractivity contribution in [2.75, 3.05) is 7.11 Å². The van der Waals surface area contributed by atoms with Gasteiger partial charge in [0, 0.05) is 18.6 Å². The molecule has 0 aromatic heterocycles. The Hall–Kier alpha value is -1.35. The Bertz CT molecular complexity index is 488. The molecule has 3 nitrogen and oxygen atoms in total. The van der Waals surface area contributed by atoms with Crippen molar-refractivity contribution in [1.82, 2.24) is 5.32 Å². The zero-order chi connectivity index (χ0) is 14.8. The molecule has 2 rings (SSSR count). The standard InChI is InChI=1S/C17H25NO2/c1-17(2,3)16(19)18-15-8-7-13-9-12(11-20-4)5-6-14(13)10-15/h5-6,9,15H,7-8,10-11H2,1-4H3,(H,18,19). The second-order valence-electron chi connectivity index (χ2n) is 6.70. The van der Waals surface area contributed by atoms with Crippen molar-refractivity contribution in [1.29, 1.82) is 0 Å². The first kappa shape index (κ1) is 15.0. The van der Waals surface area contributed by atoms with Gasteiger partial charge in [-0.25, -0.2) is 0 Å². The molecular weight excluding hydrogens is 250 g/mol. The smallest absolute Gasteiger partial charge is 0.225 e. The van der Waals surface area contributed by atoms with Crippen LogP contribution in [0.3, 0.4) is 0 Å². The Kier molecular flexibility index (Phi) is 4.48. The van der Waals surface area contributed by atoms with E-state index in [0.29, 0.717) is 6.61 Å². The van der Waals surface area contributed by atoms with Crippen LogP contribution in [0.5, 0.6) is 0 Å². The van der Waals surface area contributed by atoms with Crippen molar-refractivity contribution in [2.45, 2.75) is 52.7 Å². The molecule has 20 heavy (non-hydrogen) atoms. The number of carbonyl (C=O) groups is 1. The number of methoxy groups -OCH3 is 1. The van der Waals surface area contributed by atoms with E-state index >= 15 is 0 Å². The van der Waals surface area contributed by atoms with Crippen molar-refractivity contribution < 1.29 is 9.53 Å². The van der Waals surface area contributed by atoms with E-state index in [1.807, 2.05) is 20.8 Å².